The van der Waals surface area contributed by atoms with E-state index in [1.807, 2.05) is 152 Å². The van der Waals surface area contributed by atoms with Gasteiger partial charge in [-0.15, -0.1) is 0 Å². The number of aromatic hydroxyl groups is 4. The van der Waals surface area contributed by atoms with Crippen molar-refractivity contribution in [2.24, 2.45) is 54.4 Å². The standard InChI is InChI=1S/2C38H52N2O2.3C8H12N2/c2*1-35(2,3)28-18-26(33(41)30(20-28)37(7,8)9)22-39-24-32(25-16-14-13-15-17-25)40-23-27-19-29(36(4,5)6)21-31(34(27)42)38(10,11)12;3*9-6-8(10)7-4-2-1-3-5-7/h2*13-23,32,41-42H,24H2,1-12H3;3*1-5,8H,6,9-10H2/t2*32-;3*8-/m11111/s1. The maximum Gasteiger partial charge on any atom is 0.128 e. The summed E-state index contributed by atoms with van der Waals surface area (Å²) < 4.78 is 0. The van der Waals surface area contributed by atoms with E-state index >= 15 is 0 Å². The summed E-state index contributed by atoms with van der Waals surface area (Å²) in [5.74, 6) is 1.09. The van der Waals surface area contributed by atoms with Crippen molar-refractivity contribution in [3.05, 3.63) is 295 Å². The Morgan fingerprint density at radius 3 is 0.623 bits per heavy atom. The normalized spacial score (nSPS) is 13.9. The van der Waals surface area contributed by atoms with Crippen molar-refractivity contribution in [1.82, 2.24) is 0 Å². The zero-order valence-corrected chi connectivity index (χ0v) is 73.3. The molecule has 0 amide bonds. The Morgan fingerprint density at radius 2 is 0.447 bits per heavy atom. The molecule has 0 spiro atoms. The van der Waals surface area contributed by atoms with Gasteiger partial charge < -0.3 is 54.8 Å². The van der Waals surface area contributed by atoms with Gasteiger partial charge in [0.2, 0.25) is 0 Å². The lowest BCUT2D eigenvalue weighted by Gasteiger charge is -2.27. The first-order valence-corrected chi connectivity index (χ1v) is 40.1. The molecule has 14 nitrogen and oxygen atoms in total. The van der Waals surface area contributed by atoms with Gasteiger partial charge in [-0.05, 0) is 118 Å². The summed E-state index contributed by atoms with van der Waals surface area (Å²) in [5, 5.41) is 45.0. The van der Waals surface area contributed by atoms with Gasteiger partial charge in [0.05, 0.1) is 25.2 Å². The average molecular weight is 1550 g/mol. The molecule has 9 aromatic rings. The Kier molecular flexibility index (Phi) is 34.5. The predicted molar refractivity (Wildman–Crippen MR) is 488 cm³/mol. The second kappa shape index (κ2) is 41.3. The van der Waals surface area contributed by atoms with E-state index in [4.69, 9.17) is 54.4 Å². The van der Waals surface area contributed by atoms with Crippen LogP contribution in [-0.4, -0.2) is 78.0 Å². The van der Waals surface area contributed by atoms with Crippen LogP contribution in [0.1, 0.15) is 291 Å². The highest BCUT2D eigenvalue weighted by Crippen LogP contribution is 2.42. The van der Waals surface area contributed by atoms with Crippen molar-refractivity contribution < 1.29 is 20.4 Å². The molecular formula is C100H140N10O4. The van der Waals surface area contributed by atoms with Gasteiger partial charge in [-0.25, -0.2) is 0 Å². The van der Waals surface area contributed by atoms with E-state index < -0.39 is 0 Å². The van der Waals surface area contributed by atoms with Crippen molar-refractivity contribution >= 4 is 24.9 Å². The van der Waals surface area contributed by atoms with E-state index in [-0.39, 0.29) is 96.5 Å². The van der Waals surface area contributed by atoms with E-state index in [2.05, 4.69) is 215 Å². The van der Waals surface area contributed by atoms with Crippen LogP contribution in [0.5, 0.6) is 23.0 Å². The molecule has 0 aliphatic carbocycles. The summed E-state index contributed by atoms with van der Waals surface area (Å²) in [6.45, 7) is 53.9. The highest BCUT2D eigenvalue weighted by Gasteiger charge is 2.30. The minimum Gasteiger partial charge on any atom is -0.507 e. The Balaban J connectivity index is 0.000000297. The number of phenols is 4. The van der Waals surface area contributed by atoms with Crippen LogP contribution in [0, 0.1) is 0 Å². The van der Waals surface area contributed by atoms with Gasteiger partial charge in [0.25, 0.3) is 0 Å². The molecule has 5 atom stereocenters. The summed E-state index contributed by atoms with van der Waals surface area (Å²) >= 11 is 0. The second-order valence-electron chi connectivity index (χ2n) is 38.0. The van der Waals surface area contributed by atoms with Crippen LogP contribution < -0.4 is 34.4 Å². The third-order valence-corrected chi connectivity index (χ3v) is 19.9. The second-order valence-corrected chi connectivity index (χ2v) is 38.0. The van der Waals surface area contributed by atoms with E-state index in [0.717, 1.165) is 72.3 Å². The third kappa shape index (κ3) is 29.2. The molecule has 9 rings (SSSR count). The fourth-order valence-electron chi connectivity index (χ4n) is 12.2. The maximum atomic E-state index is 11.3. The van der Waals surface area contributed by atoms with Gasteiger partial charge in [0, 0.05) is 107 Å². The van der Waals surface area contributed by atoms with Crippen LogP contribution in [0.15, 0.2) is 220 Å². The van der Waals surface area contributed by atoms with Gasteiger partial charge in [0.1, 0.15) is 23.0 Å². The molecule has 0 heterocycles. The number of nitrogens with two attached hydrogens (primary N) is 6. The van der Waals surface area contributed by atoms with Crippen molar-refractivity contribution in [1.29, 1.82) is 0 Å². The van der Waals surface area contributed by atoms with Crippen molar-refractivity contribution in [2.75, 3.05) is 32.7 Å². The minimum atomic E-state index is -0.256. The number of phenolic OH excluding ortho intramolecular Hbond substituents is 4. The summed E-state index contributed by atoms with van der Waals surface area (Å²) in [5.41, 5.74) is 48.5. The summed E-state index contributed by atoms with van der Waals surface area (Å²) in [7, 11) is 0. The summed E-state index contributed by atoms with van der Waals surface area (Å²) in [6, 6.07) is 65.9. The largest absolute Gasteiger partial charge is 0.507 e. The van der Waals surface area contributed by atoms with Crippen LogP contribution in [0.25, 0.3) is 0 Å². The number of hydrogen-bond acceptors (Lipinski definition) is 14. The zero-order chi connectivity index (χ0) is 85.5. The first-order chi connectivity index (χ1) is 52.9. The molecule has 0 fully saturated rings. The lowest BCUT2D eigenvalue weighted by Crippen LogP contribution is -2.20. The third-order valence-electron chi connectivity index (χ3n) is 19.9. The molecule has 0 unspecified atom stereocenters. The average Bonchev–Trinajstić information content (AvgIpc) is 0.804. The highest BCUT2D eigenvalue weighted by molar-refractivity contribution is 5.88. The minimum absolute atomic E-state index is 0.0128. The van der Waals surface area contributed by atoms with E-state index in [0.29, 0.717) is 55.0 Å². The first-order valence-electron chi connectivity index (χ1n) is 40.1. The van der Waals surface area contributed by atoms with Crippen molar-refractivity contribution in [2.45, 2.75) is 240 Å². The monoisotopic (exact) mass is 1550 g/mol. The van der Waals surface area contributed by atoms with Gasteiger partial charge in [0.15, 0.2) is 0 Å². The molecule has 0 bridgehead atoms. The molecule has 16 N–H and O–H groups in total. The van der Waals surface area contributed by atoms with Crippen LogP contribution in [-0.2, 0) is 43.3 Å². The van der Waals surface area contributed by atoms with Gasteiger partial charge in [-0.2, -0.15) is 0 Å². The highest BCUT2D eigenvalue weighted by atomic mass is 16.3. The van der Waals surface area contributed by atoms with Crippen LogP contribution >= 0.6 is 0 Å². The van der Waals surface area contributed by atoms with Gasteiger partial charge >= 0.3 is 0 Å². The Bertz CT molecular complexity index is 4220. The maximum absolute atomic E-state index is 11.3. The Hall–Kier alpha value is -9.38. The molecule has 0 aromatic heterocycles. The van der Waals surface area contributed by atoms with Crippen molar-refractivity contribution in [3.8, 4) is 23.0 Å². The number of nitrogens with zero attached hydrogens (tertiary/aromatic N) is 4. The van der Waals surface area contributed by atoms with Crippen LogP contribution in [0.2, 0.25) is 0 Å². The molecule has 0 radical (unpaired) electrons. The Labute approximate surface area is 685 Å². The lowest BCUT2D eigenvalue weighted by atomic mass is 9.79. The molecule has 0 aliphatic rings. The van der Waals surface area contributed by atoms with E-state index in [1.165, 1.54) is 0 Å². The van der Waals surface area contributed by atoms with Crippen LogP contribution in [0.4, 0.5) is 0 Å². The Morgan fingerprint density at radius 1 is 0.263 bits per heavy atom. The number of aliphatic imine (C=N–C) groups is 4. The first kappa shape index (κ1) is 95.2. The quantitative estimate of drug-likeness (QED) is 0.0363. The molecule has 9 aromatic carbocycles. The lowest BCUT2D eigenvalue weighted by molar-refractivity contribution is 0.443. The summed E-state index contributed by atoms with van der Waals surface area (Å²) in [4.78, 5) is 19.6. The van der Waals surface area contributed by atoms with E-state index in [9.17, 15) is 20.4 Å². The molecular weight excluding hydrogens is 1410 g/mol. The number of rotatable bonds is 18. The molecule has 114 heavy (non-hydrogen) atoms. The molecule has 0 saturated carbocycles. The smallest absolute Gasteiger partial charge is 0.128 e. The summed E-state index contributed by atoms with van der Waals surface area (Å²) in [6.07, 6.45) is 7.15. The van der Waals surface area contributed by atoms with Crippen LogP contribution in [0.3, 0.4) is 0 Å². The van der Waals surface area contributed by atoms with E-state index in [1.54, 1.807) is 24.9 Å². The number of benzene rings is 9. The number of hydrogen-bond donors (Lipinski definition) is 10. The topological polar surface area (TPSA) is 286 Å². The zero-order valence-electron chi connectivity index (χ0n) is 73.3. The van der Waals surface area contributed by atoms with Crippen molar-refractivity contribution in [3.63, 3.8) is 0 Å². The fraction of sp³-hybridized carbons (Fsp3) is 0.420. The van der Waals surface area contributed by atoms with Gasteiger partial charge in [-0.3, -0.25) is 20.0 Å². The van der Waals surface area contributed by atoms with Gasteiger partial charge in [-0.1, -0.05) is 342 Å². The SMILES string of the molecule is CC(C)(C)c1cc(C=NC[C@@H](N=Cc2cc(C(C)(C)C)cc(C(C)(C)C)c2O)c2ccccc2)c(O)c(C(C)(C)C)c1.CC(C)(C)c1cc(C=NC[C@@H](N=Cc2cc(C(C)(C)C)cc(C(C)(C)C)c2O)c2ccccc2)c(O)c(C(C)(C)C)c1.NC[C@@H](N)c1ccccc1.NC[C@@H](N)c1ccccc1.NC[C@@H](N)c1ccccc1. The molecule has 14 heteroatoms. The predicted octanol–water partition coefficient (Wildman–Crippen LogP) is 21.1. The molecule has 0 saturated heterocycles. The molecule has 0 aliphatic heterocycles. The fourth-order valence-corrected chi connectivity index (χ4v) is 12.2. The molecule has 614 valence electrons.